The highest BCUT2D eigenvalue weighted by molar-refractivity contribution is 9.10. The number of H-pyrrole nitrogens is 1. The van der Waals surface area contributed by atoms with Gasteiger partial charge in [0.2, 0.25) is 0 Å². The summed E-state index contributed by atoms with van der Waals surface area (Å²) >= 11 is 6.40. The van der Waals surface area contributed by atoms with Crippen LogP contribution in [0.3, 0.4) is 0 Å². The second-order valence-electron chi connectivity index (χ2n) is 6.19. The zero-order chi connectivity index (χ0) is 19.4. The third-order valence-corrected chi connectivity index (χ3v) is 3.88. The van der Waals surface area contributed by atoms with Crippen LogP contribution in [0.25, 0.3) is 0 Å². The number of hydrogen-bond acceptors (Lipinski definition) is 4. The van der Waals surface area contributed by atoms with E-state index < -0.39 is 11.7 Å². The Balaban J connectivity index is 0.000000293. The quantitative estimate of drug-likeness (QED) is 0.604. The fraction of sp³-hybridized carbons (Fsp3) is 0.353. The summed E-state index contributed by atoms with van der Waals surface area (Å²) in [5, 5.41) is 0. The van der Waals surface area contributed by atoms with Crippen LogP contribution in [0.2, 0.25) is 0 Å². The average Bonchev–Trinajstić information content (AvgIpc) is 3.03. The number of nitrogens with one attached hydrogen (secondary N) is 1. The van der Waals surface area contributed by atoms with Crippen LogP contribution in [0.5, 0.6) is 0 Å². The van der Waals surface area contributed by atoms with E-state index in [2.05, 4.69) is 36.8 Å². The fourth-order valence-electron chi connectivity index (χ4n) is 1.75. The monoisotopic (exact) mass is 474 g/mol. The van der Waals surface area contributed by atoms with Gasteiger partial charge in [-0.25, -0.2) is 9.36 Å². The Hall–Kier alpha value is -1.67. The van der Waals surface area contributed by atoms with Crippen LogP contribution < -0.4 is 0 Å². The molecule has 2 aromatic rings. The van der Waals surface area contributed by atoms with Gasteiger partial charge >= 0.3 is 6.09 Å². The number of aromatic amines is 1. The zero-order valence-corrected chi connectivity index (χ0v) is 17.8. The first-order valence-corrected chi connectivity index (χ1v) is 8.98. The molecule has 6 nitrogen and oxygen atoms in total. The molecule has 0 unspecified atom stereocenters. The number of ether oxygens (including phenoxy) is 1. The minimum Gasteiger partial charge on any atom is -0.443 e. The van der Waals surface area contributed by atoms with E-state index in [1.54, 1.807) is 45.0 Å². The van der Waals surface area contributed by atoms with Gasteiger partial charge in [0.05, 0.1) is 20.6 Å². The summed E-state index contributed by atoms with van der Waals surface area (Å²) in [6.07, 6.45) is -0.561. The molecule has 0 aliphatic heterocycles. The molecule has 0 aromatic carbocycles. The molecule has 8 heteroatoms. The van der Waals surface area contributed by atoms with Gasteiger partial charge in [-0.3, -0.25) is 9.59 Å². The van der Waals surface area contributed by atoms with Gasteiger partial charge in [-0.15, -0.1) is 0 Å². The Morgan fingerprint density at radius 3 is 1.96 bits per heavy atom. The molecule has 0 radical (unpaired) electrons. The van der Waals surface area contributed by atoms with Gasteiger partial charge in [0.15, 0.2) is 11.6 Å². The zero-order valence-electron chi connectivity index (χ0n) is 14.6. The fourth-order valence-corrected chi connectivity index (χ4v) is 2.57. The molecular weight excluding hydrogens is 456 g/mol. The van der Waals surface area contributed by atoms with Crippen LogP contribution >= 0.6 is 31.9 Å². The second kappa shape index (κ2) is 8.62. The third kappa shape index (κ3) is 6.62. The number of halogens is 2. The van der Waals surface area contributed by atoms with Crippen molar-refractivity contribution in [3.8, 4) is 0 Å². The maximum Gasteiger partial charge on any atom is 0.420 e. The van der Waals surface area contributed by atoms with E-state index in [-0.39, 0.29) is 11.6 Å². The number of hydrogen-bond donors (Lipinski definition) is 1. The van der Waals surface area contributed by atoms with Crippen molar-refractivity contribution in [3.05, 3.63) is 44.9 Å². The number of carbonyl (C=O) groups excluding carboxylic acids is 3. The van der Waals surface area contributed by atoms with Crippen molar-refractivity contribution in [2.45, 2.75) is 40.2 Å². The first-order valence-electron chi connectivity index (χ1n) is 7.39. The van der Waals surface area contributed by atoms with E-state index in [1.165, 1.54) is 18.4 Å². The van der Waals surface area contributed by atoms with E-state index in [0.29, 0.717) is 16.0 Å². The van der Waals surface area contributed by atoms with Crippen molar-refractivity contribution >= 4 is 49.5 Å². The maximum absolute atomic E-state index is 11.8. The van der Waals surface area contributed by atoms with Gasteiger partial charge in [0.1, 0.15) is 5.60 Å². The smallest absolute Gasteiger partial charge is 0.420 e. The summed E-state index contributed by atoms with van der Waals surface area (Å²) in [4.78, 5) is 36.6. The van der Waals surface area contributed by atoms with Crippen LogP contribution in [0.4, 0.5) is 4.79 Å². The van der Waals surface area contributed by atoms with E-state index in [9.17, 15) is 14.4 Å². The van der Waals surface area contributed by atoms with Crippen LogP contribution in [-0.2, 0) is 4.74 Å². The first kappa shape index (κ1) is 21.4. The highest BCUT2D eigenvalue weighted by atomic mass is 79.9. The van der Waals surface area contributed by atoms with Crippen molar-refractivity contribution < 1.29 is 19.1 Å². The van der Waals surface area contributed by atoms with Crippen LogP contribution in [0, 0.1) is 0 Å². The molecule has 25 heavy (non-hydrogen) atoms. The van der Waals surface area contributed by atoms with Gasteiger partial charge < -0.3 is 9.72 Å². The number of ketones is 2. The van der Waals surface area contributed by atoms with E-state index in [0.717, 1.165) is 4.60 Å². The molecule has 2 heterocycles. The number of aromatic nitrogens is 2. The van der Waals surface area contributed by atoms with Crippen molar-refractivity contribution in [2.24, 2.45) is 0 Å². The van der Waals surface area contributed by atoms with Crippen LogP contribution in [0.1, 0.15) is 55.6 Å². The maximum atomic E-state index is 11.8. The molecule has 0 fully saturated rings. The molecule has 0 aliphatic rings. The number of nitrogens with zero attached hydrogens (tertiary/aromatic N) is 1. The molecule has 0 spiro atoms. The SMILES string of the molecule is CC(=O)c1ccc(Br)[nH]1.CC(=O)c1ccc(Br)n1C(=O)OC(C)(C)C. The molecule has 0 saturated carbocycles. The average molecular weight is 476 g/mol. The van der Waals surface area contributed by atoms with E-state index in [4.69, 9.17) is 4.74 Å². The van der Waals surface area contributed by atoms with Gasteiger partial charge in [-0.05, 0) is 76.9 Å². The Morgan fingerprint density at radius 1 is 1.00 bits per heavy atom. The van der Waals surface area contributed by atoms with Crippen molar-refractivity contribution in [1.29, 1.82) is 0 Å². The van der Waals surface area contributed by atoms with Crippen LogP contribution in [0.15, 0.2) is 33.5 Å². The van der Waals surface area contributed by atoms with E-state index >= 15 is 0 Å². The number of rotatable bonds is 2. The second-order valence-corrected chi connectivity index (χ2v) is 7.86. The number of Topliss-reactive ketones (excluding diaryl/α,β-unsaturated/α-hetero) is 2. The lowest BCUT2D eigenvalue weighted by molar-refractivity contribution is 0.0525. The molecular formula is C17H20Br2N2O4. The molecule has 0 saturated heterocycles. The minimum absolute atomic E-state index is 0.0562. The Bertz CT molecular complexity index is 785. The van der Waals surface area contributed by atoms with Crippen molar-refractivity contribution in [3.63, 3.8) is 0 Å². The van der Waals surface area contributed by atoms with Gasteiger partial charge in [-0.1, -0.05) is 0 Å². The molecule has 0 aliphatic carbocycles. The Kier molecular flexibility index (Phi) is 7.37. The predicted octanol–water partition coefficient (Wildman–Crippen LogP) is 5.22. The summed E-state index contributed by atoms with van der Waals surface area (Å²) in [6, 6.07) is 6.76. The summed E-state index contributed by atoms with van der Waals surface area (Å²) in [5.41, 5.74) is 0.359. The normalized spacial score (nSPS) is 10.7. The largest absolute Gasteiger partial charge is 0.443 e. The van der Waals surface area contributed by atoms with Gasteiger partial charge in [0, 0.05) is 13.8 Å². The van der Waals surface area contributed by atoms with Crippen molar-refractivity contribution in [2.75, 3.05) is 0 Å². The Labute approximate surface area is 163 Å². The summed E-state index contributed by atoms with van der Waals surface area (Å²) in [6.45, 7) is 8.25. The molecule has 0 bridgehead atoms. The van der Waals surface area contributed by atoms with Gasteiger partial charge in [0.25, 0.3) is 0 Å². The highest BCUT2D eigenvalue weighted by Crippen LogP contribution is 2.19. The lowest BCUT2D eigenvalue weighted by Gasteiger charge is -2.20. The predicted molar refractivity (Wildman–Crippen MR) is 102 cm³/mol. The molecule has 0 atom stereocenters. The molecule has 2 rings (SSSR count). The Morgan fingerprint density at radius 2 is 1.60 bits per heavy atom. The first-order chi connectivity index (χ1) is 11.4. The van der Waals surface area contributed by atoms with Crippen molar-refractivity contribution in [1.82, 2.24) is 9.55 Å². The minimum atomic E-state index is -0.588. The topological polar surface area (TPSA) is 81.2 Å². The standard InChI is InChI=1S/C11H14BrNO3.C6H6BrNO/c1-7(14)8-5-6-9(12)13(8)10(15)16-11(2,3)4;1-4(9)5-2-3-6(7)8-5/h5-6H,1-4H3;2-3,8H,1H3. The molecule has 136 valence electrons. The molecule has 2 aromatic heterocycles. The molecule has 0 amide bonds. The molecule has 1 N–H and O–H groups in total. The van der Waals surface area contributed by atoms with Crippen LogP contribution in [-0.4, -0.2) is 32.8 Å². The number of carbonyl (C=O) groups is 3. The van der Waals surface area contributed by atoms with E-state index in [1.807, 2.05) is 0 Å². The highest BCUT2D eigenvalue weighted by Gasteiger charge is 2.22. The lowest BCUT2D eigenvalue weighted by Crippen LogP contribution is -2.28. The summed E-state index contributed by atoms with van der Waals surface area (Å²) in [7, 11) is 0. The third-order valence-electron chi connectivity index (χ3n) is 2.80. The lowest BCUT2D eigenvalue weighted by atomic mass is 10.2. The summed E-state index contributed by atoms with van der Waals surface area (Å²) in [5.74, 6) is -0.128. The summed E-state index contributed by atoms with van der Waals surface area (Å²) < 4.78 is 7.76. The van der Waals surface area contributed by atoms with Gasteiger partial charge in [-0.2, -0.15) is 0 Å².